The zero-order valence-electron chi connectivity index (χ0n) is 11.7. The molecule has 0 aliphatic carbocycles. The molecule has 1 nitrogen and oxygen atoms in total. The van der Waals surface area contributed by atoms with E-state index in [1.807, 2.05) is 18.2 Å². The third-order valence-corrected chi connectivity index (χ3v) is 3.55. The molecule has 100 valence electrons. The van der Waals surface area contributed by atoms with Gasteiger partial charge in [-0.25, -0.2) is 0 Å². The second-order valence-corrected chi connectivity index (χ2v) is 5.09. The molecule has 1 fully saturated rings. The topological polar surface area (TPSA) is 12.0 Å². The molecule has 3 rings (SSSR count). The molecule has 0 unspecified atom stereocenters. The molecule has 0 saturated carbocycles. The lowest BCUT2D eigenvalue weighted by Gasteiger charge is -2.22. The fourth-order valence-electron chi connectivity index (χ4n) is 2.41. The van der Waals surface area contributed by atoms with Gasteiger partial charge in [0, 0.05) is 0 Å². The number of rotatable bonds is 1. The quantitative estimate of drug-likeness (QED) is 0.805. The average molecular weight is 253 g/mol. The number of hydrogen-bond donors (Lipinski definition) is 1. The lowest BCUT2D eigenvalue weighted by atomic mass is 9.90. The Labute approximate surface area is 116 Å². The summed E-state index contributed by atoms with van der Waals surface area (Å²) in [6.45, 7) is 4.44. The van der Waals surface area contributed by atoms with Crippen LogP contribution in [0.2, 0.25) is 0 Å². The van der Waals surface area contributed by atoms with Crippen molar-refractivity contribution < 1.29 is 0 Å². The summed E-state index contributed by atoms with van der Waals surface area (Å²) >= 11 is 0. The fourth-order valence-corrected chi connectivity index (χ4v) is 2.41. The van der Waals surface area contributed by atoms with Crippen molar-refractivity contribution in [1.82, 2.24) is 5.32 Å². The van der Waals surface area contributed by atoms with Crippen LogP contribution in [-0.2, 0) is 0 Å². The Morgan fingerprint density at radius 3 is 1.79 bits per heavy atom. The lowest BCUT2D eigenvalue weighted by Crippen LogP contribution is -2.26. The second-order valence-electron chi connectivity index (χ2n) is 5.09. The molecule has 1 heteroatoms. The maximum absolute atomic E-state index is 3.38. The number of aryl methyl sites for hydroxylation is 1. The van der Waals surface area contributed by atoms with Crippen molar-refractivity contribution in [3.05, 3.63) is 71.8 Å². The van der Waals surface area contributed by atoms with E-state index in [4.69, 9.17) is 0 Å². The van der Waals surface area contributed by atoms with Gasteiger partial charge in [-0.2, -0.15) is 0 Å². The molecular formula is C18H23N. The Morgan fingerprint density at radius 2 is 1.32 bits per heavy atom. The highest BCUT2D eigenvalue weighted by molar-refractivity contribution is 5.19. The van der Waals surface area contributed by atoms with E-state index in [1.54, 1.807) is 0 Å². The van der Waals surface area contributed by atoms with Crippen molar-refractivity contribution in [3.8, 4) is 0 Å². The lowest BCUT2D eigenvalue weighted by molar-refractivity contribution is 0.460. The van der Waals surface area contributed by atoms with Crippen LogP contribution in [0.4, 0.5) is 0 Å². The van der Waals surface area contributed by atoms with Gasteiger partial charge in [0.15, 0.2) is 0 Å². The highest BCUT2D eigenvalue weighted by Crippen LogP contribution is 2.24. The summed E-state index contributed by atoms with van der Waals surface area (Å²) in [5.74, 6) is 0.799. The Kier molecular flexibility index (Phi) is 5.64. The van der Waals surface area contributed by atoms with Gasteiger partial charge >= 0.3 is 0 Å². The maximum Gasteiger partial charge on any atom is -0.00431 e. The van der Waals surface area contributed by atoms with Gasteiger partial charge in [-0.15, -0.1) is 0 Å². The third-order valence-electron chi connectivity index (χ3n) is 3.55. The van der Waals surface area contributed by atoms with Crippen LogP contribution in [0.25, 0.3) is 0 Å². The average Bonchev–Trinajstić information content (AvgIpc) is 2.51. The highest BCUT2D eigenvalue weighted by Gasteiger charge is 2.13. The predicted molar refractivity (Wildman–Crippen MR) is 82.5 cm³/mol. The van der Waals surface area contributed by atoms with Crippen molar-refractivity contribution in [3.63, 3.8) is 0 Å². The van der Waals surface area contributed by atoms with E-state index in [2.05, 4.69) is 54.7 Å². The Hall–Kier alpha value is -1.60. The van der Waals surface area contributed by atoms with E-state index >= 15 is 0 Å². The molecule has 2 aromatic rings. The summed E-state index contributed by atoms with van der Waals surface area (Å²) in [6.07, 6.45) is 2.59. The van der Waals surface area contributed by atoms with E-state index in [-0.39, 0.29) is 0 Å². The van der Waals surface area contributed by atoms with E-state index in [0.717, 1.165) is 5.92 Å². The second kappa shape index (κ2) is 7.75. The van der Waals surface area contributed by atoms with Crippen LogP contribution < -0.4 is 5.32 Å². The normalized spacial score (nSPS) is 15.4. The Bertz CT molecular complexity index is 444. The Morgan fingerprint density at radius 1 is 0.789 bits per heavy atom. The maximum atomic E-state index is 3.38. The van der Waals surface area contributed by atoms with Crippen molar-refractivity contribution in [2.75, 3.05) is 13.1 Å². The number of piperidine rings is 1. The van der Waals surface area contributed by atoms with Gasteiger partial charge in [0.1, 0.15) is 0 Å². The van der Waals surface area contributed by atoms with Gasteiger partial charge < -0.3 is 5.32 Å². The van der Waals surface area contributed by atoms with Gasteiger partial charge in [-0.3, -0.25) is 0 Å². The van der Waals surface area contributed by atoms with Crippen LogP contribution in [0.5, 0.6) is 0 Å². The smallest absolute Gasteiger partial charge is 0.00431 e. The van der Waals surface area contributed by atoms with Gasteiger partial charge in [0.2, 0.25) is 0 Å². The molecule has 19 heavy (non-hydrogen) atoms. The van der Waals surface area contributed by atoms with Crippen LogP contribution >= 0.6 is 0 Å². The first kappa shape index (κ1) is 13.8. The SMILES string of the molecule is Cc1ccccc1.c1ccc(C2CCNCC2)cc1. The zero-order valence-corrected chi connectivity index (χ0v) is 11.7. The van der Waals surface area contributed by atoms with Gasteiger partial charge in [-0.05, 0) is 44.3 Å². The van der Waals surface area contributed by atoms with Crippen LogP contribution in [-0.4, -0.2) is 13.1 Å². The molecule has 0 atom stereocenters. The molecule has 1 N–H and O–H groups in total. The molecule has 0 aromatic heterocycles. The summed E-state index contributed by atoms with van der Waals surface area (Å²) in [6, 6.07) is 21.1. The minimum atomic E-state index is 0.799. The van der Waals surface area contributed by atoms with Gasteiger partial charge in [0.25, 0.3) is 0 Å². The number of nitrogens with one attached hydrogen (secondary N) is 1. The molecule has 2 aromatic carbocycles. The molecule has 0 radical (unpaired) electrons. The van der Waals surface area contributed by atoms with Crippen molar-refractivity contribution in [2.45, 2.75) is 25.7 Å². The van der Waals surface area contributed by atoms with E-state index in [0.29, 0.717) is 0 Å². The number of benzene rings is 2. The molecule has 0 spiro atoms. The monoisotopic (exact) mass is 253 g/mol. The van der Waals surface area contributed by atoms with Gasteiger partial charge in [0.05, 0.1) is 0 Å². The number of hydrogen-bond acceptors (Lipinski definition) is 1. The first-order valence-electron chi connectivity index (χ1n) is 7.13. The molecular weight excluding hydrogens is 230 g/mol. The van der Waals surface area contributed by atoms with Crippen molar-refractivity contribution >= 4 is 0 Å². The molecule has 1 aliphatic rings. The minimum Gasteiger partial charge on any atom is -0.317 e. The standard InChI is InChI=1S/C11H15N.C7H8/c1-2-4-10(5-3-1)11-6-8-12-9-7-11;1-7-5-3-2-4-6-7/h1-5,11-12H,6-9H2;2-6H,1H3. The van der Waals surface area contributed by atoms with Crippen LogP contribution in [0.15, 0.2) is 60.7 Å². The summed E-state index contributed by atoms with van der Waals surface area (Å²) in [5, 5.41) is 3.38. The molecule has 1 saturated heterocycles. The largest absolute Gasteiger partial charge is 0.317 e. The van der Waals surface area contributed by atoms with Crippen LogP contribution in [0.3, 0.4) is 0 Å². The first-order valence-corrected chi connectivity index (χ1v) is 7.13. The van der Waals surface area contributed by atoms with Crippen molar-refractivity contribution in [2.24, 2.45) is 0 Å². The molecule has 1 aliphatic heterocycles. The van der Waals surface area contributed by atoms with Crippen LogP contribution in [0.1, 0.15) is 29.9 Å². The van der Waals surface area contributed by atoms with E-state index in [9.17, 15) is 0 Å². The highest BCUT2D eigenvalue weighted by atomic mass is 14.9. The summed E-state index contributed by atoms with van der Waals surface area (Å²) in [5.41, 5.74) is 2.83. The van der Waals surface area contributed by atoms with E-state index < -0.39 is 0 Å². The van der Waals surface area contributed by atoms with Gasteiger partial charge in [-0.1, -0.05) is 66.2 Å². The first-order chi connectivity index (χ1) is 9.36. The summed E-state index contributed by atoms with van der Waals surface area (Å²) in [7, 11) is 0. The summed E-state index contributed by atoms with van der Waals surface area (Å²) < 4.78 is 0. The minimum absolute atomic E-state index is 0.799. The zero-order chi connectivity index (χ0) is 13.3. The molecule has 1 heterocycles. The molecule has 0 amide bonds. The van der Waals surface area contributed by atoms with Crippen LogP contribution in [0, 0.1) is 6.92 Å². The summed E-state index contributed by atoms with van der Waals surface area (Å²) in [4.78, 5) is 0. The van der Waals surface area contributed by atoms with Crippen molar-refractivity contribution in [1.29, 1.82) is 0 Å². The fraction of sp³-hybridized carbons (Fsp3) is 0.333. The third kappa shape index (κ3) is 4.88. The Balaban J connectivity index is 0.000000163. The van der Waals surface area contributed by atoms with E-state index in [1.165, 1.54) is 37.1 Å². The molecule has 0 bridgehead atoms. The predicted octanol–water partition coefficient (Wildman–Crippen LogP) is 4.15.